The lowest BCUT2D eigenvalue weighted by Crippen LogP contribution is -2.39. The molecule has 0 saturated heterocycles. The molecule has 1 amide bonds. The van der Waals surface area contributed by atoms with Crippen molar-refractivity contribution in [3.05, 3.63) is 78.5 Å². The van der Waals surface area contributed by atoms with Crippen LogP contribution in [0, 0.1) is 0 Å². The predicted molar refractivity (Wildman–Crippen MR) is 137 cm³/mol. The maximum absolute atomic E-state index is 13.6. The average molecular weight is 512 g/mol. The number of nitrogens with zero attached hydrogens (tertiary/aromatic N) is 2. The molecular weight excluding hydrogens is 486 g/mol. The van der Waals surface area contributed by atoms with Crippen LogP contribution in [0.2, 0.25) is 0 Å². The molecule has 0 aliphatic carbocycles. The normalized spacial score (nSPS) is 11.5. The van der Waals surface area contributed by atoms with Crippen LogP contribution >= 0.6 is 11.5 Å². The van der Waals surface area contributed by atoms with E-state index in [-0.39, 0.29) is 18.0 Å². The van der Waals surface area contributed by atoms with E-state index in [1.54, 1.807) is 12.3 Å². The van der Waals surface area contributed by atoms with Gasteiger partial charge in [0, 0.05) is 29.9 Å². The number of anilines is 1. The Morgan fingerprint density at radius 1 is 1.00 bits per heavy atom. The molecule has 0 radical (unpaired) electrons. The van der Waals surface area contributed by atoms with Crippen LogP contribution in [0.3, 0.4) is 0 Å². The Morgan fingerprint density at radius 3 is 2.51 bits per heavy atom. The molecule has 4 aromatic rings. The Bertz CT molecular complexity index is 1420. The van der Waals surface area contributed by atoms with Crippen LogP contribution in [-0.2, 0) is 21.2 Å². The monoisotopic (exact) mass is 511 g/mol. The predicted octanol–water partition coefficient (Wildman–Crippen LogP) is 4.19. The van der Waals surface area contributed by atoms with E-state index < -0.39 is 15.9 Å². The van der Waals surface area contributed by atoms with Crippen molar-refractivity contribution in [3.63, 3.8) is 0 Å². The molecule has 0 aliphatic heterocycles. The molecule has 1 aromatic heterocycles. The zero-order valence-electron chi connectivity index (χ0n) is 19.3. The van der Waals surface area contributed by atoms with Crippen LogP contribution < -0.4 is 14.8 Å². The van der Waals surface area contributed by atoms with E-state index >= 15 is 0 Å². The van der Waals surface area contributed by atoms with Gasteiger partial charge in [-0.1, -0.05) is 30.3 Å². The van der Waals surface area contributed by atoms with Crippen LogP contribution in [0.4, 0.5) is 5.69 Å². The number of fused-ring (bicyclic) bond motifs is 1. The van der Waals surface area contributed by atoms with Crippen molar-refractivity contribution in [1.29, 1.82) is 0 Å². The molecule has 0 atom stereocenters. The first-order valence-corrected chi connectivity index (χ1v) is 13.0. The molecule has 182 valence electrons. The molecule has 4 rings (SSSR count). The van der Waals surface area contributed by atoms with Gasteiger partial charge in [-0.05, 0) is 53.8 Å². The summed E-state index contributed by atoms with van der Waals surface area (Å²) in [6.07, 6.45) is 2.18. The molecule has 0 bridgehead atoms. The number of methoxy groups -OCH3 is 2. The number of benzene rings is 3. The highest BCUT2D eigenvalue weighted by molar-refractivity contribution is 7.89. The molecule has 0 aliphatic rings. The highest BCUT2D eigenvalue weighted by atomic mass is 32.2. The fourth-order valence-corrected chi connectivity index (χ4v) is 5.66. The Kier molecular flexibility index (Phi) is 7.64. The average Bonchev–Trinajstić information content (AvgIpc) is 3.34. The minimum Gasteiger partial charge on any atom is -0.493 e. The Labute approximate surface area is 208 Å². The number of nitrogens with one attached hydrogen (secondary N) is 1. The summed E-state index contributed by atoms with van der Waals surface area (Å²) in [6.45, 7) is -0.217. The van der Waals surface area contributed by atoms with Crippen molar-refractivity contribution < 1.29 is 22.7 Å². The van der Waals surface area contributed by atoms with Gasteiger partial charge >= 0.3 is 0 Å². The van der Waals surface area contributed by atoms with Gasteiger partial charge in [-0.15, -0.1) is 0 Å². The second-order valence-electron chi connectivity index (χ2n) is 7.72. The summed E-state index contributed by atoms with van der Waals surface area (Å²) in [7, 11) is -1.10. The number of hydrogen-bond acceptors (Lipinski definition) is 7. The third-order valence-electron chi connectivity index (χ3n) is 5.44. The third kappa shape index (κ3) is 5.79. The summed E-state index contributed by atoms with van der Waals surface area (Å²) in [5.41, 5.74) is 1.55. The van der Waals surface area contributed by atoms with Crippen LogP contribution in [-0.4, -0.2) is 50.3 Å². The minimum atomic E-state index is -4.01. The molecule has 0 saturated carbocycles. The fraction of sp³-hybridized carbons (Fsp3) is 0.200. The molecule has 3 aromatic carbocycles. The highest BCUT2D eigenvalue weighted by Crippen LogP contribution is 2.31. The van der Waals surface area contributed by atoms with Crippen molar-refractivity contribution in [2.75, 3.05) is 32.6 Å². The smallest absolute Gasteiger partial charge is 0.243 e. The van der Waals surface area contributed by atoms with E-state index in [1.807, 2.05) is 42.5 Å². The van der Waals surface area contributed by atoms with Gasteiger partial charge in [-0.2, -0.15) is 8.68 Å². The topological polar surface area (TPSA) is 97.8 Å². The Morgan fingerprint density at radius 2 is 1.77 bits per heavy atom. The molecule has 0 fully saturated rings. The molecule has 35 heavy (non-hydrogen) atoms. The lowest BCUT2D eigenvalue weighted by molar-refractivity contribution is -0.116. The number of carbonyl (C=O) groups is 1. The summed E-state index contributed by atoms with van der Waals surface area (Å²) >= 11 is 1.37. The standard InChI is InChI=1S/C25H25N3O5S2/c1-32-22-10-9-21(15-23(22)33-2)35(30,31)28(13-12-18-6-4-3-5-7-18)17-25(29)27-20-8-11-24-19(14-20)16-26-34-24/h3-11,14-16H,12-13,17H2,1-2H3,(H,27,29). The first-order valence-electron chi connectivity index (χ1n) is 10.8. The first-order chi connectivity index (χ1) is 16.9. The van der Waals surface area contributed by atoms with Crippen LogP contribution in [0.25, 0.3) is 10.1 Å². The summed E-state index contributed by atoms with van der Waals surface area (Å²) in [6, 6.07) is 19.4. The van der Waals surface area contributed by atoms with Gasteiger partial charge in [-0.25, -0.2) is 8.42 Å². The van der Waals surface area contributed by atoms with E-state index in [4.69, 9.17) is 9.47 Å². The summed E-state index contributed by atoms with van der Waals surface area (Å²) < 4.78 is 44.0. The van der Waals surface area contributed by atoms with Gasteiger partial charge in [-0.3, -0.25) is 4.79 Å². The maximum atomic E-state index is 13.6. The Hall–Kier alpha value is -3.47. The molecule has 0 unspecified atom stereocenters. The summed E-state index contributed by atoms with van der Waals surface area (Å²) in [5, 5.41) is 3.71. The zero-order chi connectivity index (χ0) is 24.8. The quantitative estimate of drug-likeness (QED) is 0.343. The van der Waals surface area contributed by atoms with Crippen molar-refractivity contribution in [2.45, 2.75) is 11.3 Å². The van der Waals surface area contributed by atoms with Gasteiger partial charge in [0.1, 0.15) is 0 Å². The van der Waals surface area contributed by atoms with E-state index in [9.17, 15) is 13.2 Å². The molecule has 1 heterocycles. The number of carbonyl (C=O) groups excluding carboxylic acids is 1. The maximum Gasteiger partial charge on any atom is 0.243 e. The number of hydrogen-bond donors (Lipinski definition) is 1. The minimum absolute atomic E-state index is 0.0155. The van der Waals surface area contributed by atoms with E-state index in [2.05, 4.69) is 9.69 Å². The van der Waals surface area contributed by atoms with Gasteiger partial charge < -0.3 is 14.8 Å². The van der Waals surface area contributed by atoms with Crippen LogP contribution in [0.5, 0.6) is 11.5 Å². The van der Waals surface area contributed by atoms with Crippen molar-refractivity contribution >= 4 is 43.2 Å². The number of rotatable bonds is 10. The number of sulfonamides is 1. The van der Waals surface area contributed by atoms with Gasteiger partial charge in [0.15, 0.2) is 11.5 Å². The molecule has 8 nitrogen and oxygen atoms in total. The van der Waals surface area contributed by atoms with E-state index in [0.717, 1.165) is 15.6 Å². The molecular formula is C25H25N3O5S2. The lowest BCUT2D eigenvalue weighted by Gasteiger charge is -2.22. The number of ether oxygens (including phenoxy) is 2. The molecule has 10 heteroatoms. The van der Waals surface area contributed by atoms with Crippen LogP contribution in [0.1, 0.15) is 5.56 Å². The second kappa shape index (κ2) is 10.9. The van der Waals surface area contributed by atoms with E-state index in [1.165, 1.54) is 48.3 Å². The van der Waals surface area contributed by atoms with Crippen molar-refractivity contribution in [1.82, 2.24) is 8.68 Å². The van der Waals surface area contributed by atoms with Gasteiger partial charge in [0.25, 0.3) is 0 Å². The summed E-state index contributed by atoms with van der Waals surface area (Å²) in [5.74, 6) is 0.265. The van der Waals surface area contributed by atoms with Crippen molar-refractivity contribution in [3.8, 4) is 11.5 Å². The van der Waals surface area contributed by atoms with Gasteiger partial charge in [0.2, 0.25) is 15.9 Å². The summed E-state index contributed by atoms with van der Waals surface area (Å²) in [4.78, 5) is 13.0. The van der Waals surface area contributed by atoms with Crippen molar-refractivity contribution in [2.24, 2.45) is 0 Å². The number of aromatic nitrogens is 1. The molecule has 1 N–H and O–H groups in total. The van der Waals surface area contributed by atoms with E-state index in [0.29, 0.717) is 23.6 Å². The van der Waals surface area contributed by atoms with Gasteiger partial charge in [0.05, 0.1) is 30.4 Å². The highest BCUT2D eigenvalue weighted by Gasteiger charge is 2.28. The number of amides is 1. The Balaban J connectivity index is 1.58. The first kappa shape index (κ1) is 24.6. The third-order valence-corrected chi connectivity index (χ3v) is 8.06. The fourth-order valence-electron chi connectivity index (χ4n) is 3.62. The zero-order valence-corrected chi connectivity index (χ0v) is 20.9. The second-order valence-corrected chi connectivity index (χ2v) is 10.5. The molecule has 0 spiro atoms. The lowest BCUT2D eigenvalue weighted by atomic mass is 10.1. The SMILES string of the molecule is COc1ccc(S(=O)(=O)N(CCc2ccccc2)CC(=O)Nc2ccc3sncc3c2)cc1OC. The largest absolute Gasteiger partial charge is 0.493 e. The van der Waals surface area contributed by atoms with Crippen LogP contribution in [0.15, 0.2) is 77.8 Å².